The molecule has 0 unspecified atom stereocenters. The minimum absolute atomic E-state index is 0.214. The minimum Gasteiger partial charge on any atom is -0.338 e. The smallest absolute Gasteiger partial charge is 0.319 e. The maximum atomic E-state index is 12.0. The first kappa shape index (κ1) is 16.1. The number of urea groups is 1. The molecule has 0 aliphatic carbocycles. The maximum Gasteiger partial charge on any atom is 0.319 e. The lowest BCUT2D eigenvalue weighted by Crippen LogP contribution is -2.30. The van der Waals surface area contributed by atoms with Crippen molar-refractivity contribution in [3.63, 3.8) is 0 Å². The second-order valence-corrected chi connectivity index (χ2v) is 5.83. The normalized spacial score (nSPS) is 10.4. The molecule has 0 spiro atoms. The molecule has 2 amide bonds. The third-order valence-electron chi connectivity index (χ3n) is 3.62. The average molecular weight is 340 g/mol. The molecular weight excluding hydrogens is 322 g/mol. The summed E-state index contributed by atoms with van der Waals surface area (Å²) in [7, 11) is 0. The molecule has 0 saturated carbocycles. The van der Waals surface area contributed by atoms with Crippen LogP contribution in [0.1, 0.15) is 5.56 Å². The summed E-state index contributed by atoms with van der Waals surface area (Å²) in [6.07, 6.45) is 4.69. The van der Waals surface area contributed by atoms with Crippen molar-refractivity contribution in [1.29, 1.82) is 0 Å². The van der Waals surface area contributed by atoms with Crippen molar-refractivity contribution < 1.29 is 4.79 Å². The molecule has 0 saturated heterocycles. The summed E-state index contributed by atoms with van der Waals surface area (Å²) in [4.78, 5) is 12.0. The molecule has 0 aliphatic heterocycles. The molecule has 2 aromatic carbocycles. The highest BCUT2D eigenvalue weighted by atomic mass is 35.5. The molecule has 5 heteroatoms. The summed E-state index contributed by atoms with van der Waals surface area (Å²) < 4.78 is 1.99. The van der Waals surface area contributed by atoms with E-state index in [2.05, 4.69) is 10.6 Å². The van der Waals surface area contributed by atoms with Gasteiger partial charge >= 0.3 is 6.03 Å². The van der Waals surface area contributed by atoms with E-state index in [-0.39, 0.29) is 6.03 Å². The number of nitrogens with one attached hydrogen (secondary N) is 2. The van der Waals surface area contributed by atoms with Gasteiger partial charge in [-0.2, -0.15) is 0 Å². The molecule has 3 rings (SSSR count). The van der Waals surface area contributed by atoms with Crippen LogP contribution in [0.25, 0.3) is 5.69 Å². The van der Waals surface area contributed by atoms with E-state index in [1.807, 2.05) is 77.6 Å². The predicted octanol–water partition coefficient (Wildman–Crippen LogP) is 4.49. The Morgan fingerprint density at radius 2 is 1.75 bits per heavy atom. The van der Waals surface area contributed by atoms with Crippen LogP contribution >= 0.6 is 11.6 Å². The third-order valence-corrected chi connectivity index (χ3v) is 3.87. The molecule has 1 aromatic heterocycles. The Kier molecular flexibility index (Phi) is 5.18. The Bertz CT molecular complexity index is 798. The van der Waals surface area contributed by atoms with Crippen LogP contribution in [0.5, 0.6) is 0 Å². The molecular formula is C19H18ClN3O. The Balaban J connectivity index is 1.51. The van der Waals surface area contributed by atoms with Crippen molar-refractivity contribution in [2.75, 3.05) is 11.9 Å². The van der Waals surface area contributed by atoms with E-state index in [1.54, 1.807) is 0 Å². The summed E-state index contributed by atoms with van der Waals surface area (Å²) in [6, 6.07) is 19.0. The third kappa shape index (κ3) is 4.40. The van der Waals surface area contributed by atoms with Crippen LogP contribution in [0.2, 0.25) is 5.02 Å². The molecule has 0 bridgehead atoms. The fraction of sp³-hybridized carbons (Fsp3) is 0.105. The molecule has 122 valence electrons. The van der Waals surface area contributed by atoms with Crippen molar-refractivity contribution in [1.82, 2.24) is 9.88 Å². The van der Waals surface area contributed by atoms with E-state index < -0.39 is 0 Å². The van der Waals surface area contributed by atoms with Crippen LogP contribution in [0.3, 0.4) is 0 Å². The lowest BCUT2D eigenvalue weighted by Gasteiger charge is -2.10. The number of anilines is 1. The van der Waals surface area contributed by atoms with Gasteiger partial charge in [0.1, 0.15) is 0 Å². The average Bonchev–Trinajstić information content (AvgIpc) is 3.11. The SMILES string of the molecule is O=C(NCCc1ccc(Cl)cc1)Nc1cccc(-n2cccc2)c1. The van der Waals surface area contributed by atoms with Gasteiger partial charge in [-0.15, -0.1) is 0 Å². The van der Waals surface area contributed by atoms with Crippen molar-refractivity contribution in [3.8, 4) is 5.69 Å². The number of halogens is 1. The monoisotopic (exact) mass is 339 g/mol. The van der Waals surface area contributed by atoms with Gasteiger partial charge in [0.25, 0.3) is 0 Å². The topological polar surface area (TPSA) is 46.1 Å². The lowest BCUT2D eigenvalue weighted by atomic mass is 10.1. The predicted molar refractivity (Wildman–Crippen MR) is 97.9 cm³/mol. The Hall–Kier alpha value is -2.72. The minimum atomic E-state index is -0.214. The highest BCUT2D eigenvalue weighted by Gasteiger charge is 2.03. The fourth-order valence-electron chi connectivity index (χ4n) is 2.40. The molecule has 0 aliphatic rings. The number of aromatic nitrogens is 1. The lowest BCUT2D eigenvalue weighted by molar-refractivity contribution is 0.252. The van der Waals surface area contributed by atoms with Crippen molar-refractivity contribution in [2.45, 2.75) is 6.42 Å². The van der Waals surface area contributed by atoms with Crippen LogP contribution < -0.4 is 10.6 Å². The molecule has 0 atom stereocenters. The zero-order valence-corrected chi connectivity index (χ0v) is 13.8. The first-order chi connectivity index (χ1) is 11.7. The zero-order valence-electron chi connectivity index (χ0n) is 13.1. The van der Waals surface area contributed by atoms with Crippen LogP contribution in [0.4, 0.5) is 10.5 Å². The summed E-state index contributed by atoms with van der Waals surface area (Å²) in [5.41, 5.74) is 2.89. The standard InChI is InChI=1S/C19H18ClN3O/c20-16-8-6-15(7-9-16)10-11-21-19(24)22-17-4-3-5-18(14-17)23-12-1-2-13-23/h1-9,12-14H,10-11H2,(H2,21,22,24). The van der Waals surface area contributed by atoms with E-state index in [0.29, 0.717) is 11.6 Å². The van der Waals surface area contributed by atoms with E-state index in [9.17, 15) is 4.79 Å². The van der Waals surface area contributed by atoms with Crippen LogP contribution in [-0.4, -0.2) is 17.1 Å². The van der Waals surface area contributed by atoms with Gasteiger partial charge in [0.05, 0.1) is 0 Å². The molecule has 3 aromatic rings. The van der Waals surface area contributed by atoms with Gasteiger partial charge in [0, 0.05) is 35.3 Å². The first-order valence-electron chi connectivity index (χ1n) is 7.73. The van der Waals surface area contributed by atoms with Gasteiger partial charge in [-0.05, 0) is 54.4 Å². The number of carbonyl (C=O) groups is 1. The Morgan fingerprint density at radius 3 is 2.50 bits per heavy atom. The molecule has 4 nitrogen and oxygen atoms in total. The van der Waals surface area contributed by atoms with Crippen molar-refractivity contribution in [2.24, 2.45) is 0 Å². The molecule has 1 heterocycles. The van der Waals surface area contributed by atoms with Gasteiger partial charge in [-0.3, -0.25) is 0 Å². The number of hydrogen-bond donors (Lipinski definition) is 2. The zero-order chi connectivity index (χ0) is 16.8. The number of rotatable bonds is 5. The fourth-order valence-corrected chi connectivity index (χ4v) is 2.52. The van der Waals surface area contributed by atoms with Gasteiger partial charge in [0.2, 0.25) is 0 Å². The van der Waals surface area contributed by atoms with E-state index in [1.165, 1.54) is 0 Å². The van der Waals surface area contributed by atoms with Crippen LogP contribution in [-0.2, 0) is 6.42 Å². The molecule has 0 radical (unpaired) electrons. The van der Waals surface area contributed by atoms with E-state index in [4.69, 9.17) is 11.6 Å². The van der Waals surface area contributed by atoms with E-state index in [0.717, 1.165) is 23.4 Å². The largest absolute Gasteiger partial charge is 0.338 e. The Morgan fingerprint density at radius 1 is 1.00 bits per heavy atom. The molecule has 24 heavy (non-hydrogen) atoms. The van der Waals surface area contributed by atoms with E-state index >= 15 is 0 Å². The van der Waals surface area contributed by atoms with Crippen LogP contribution in [0.15, 0.2) is 73.1 Å². The molecule has 2 N–H and O–H groups in total. The van der Waals surface area contributed by atoms with Crippen LogP contribution in [0, 0.1) is 0 Å². The number of nitrogens with zero attached hydrogens (tertiary/aromatic N) is 1. The highest BCUT2D eigenvalue weighted by molar-refractivity contribution is 6.30. The molecule has 0 fully saturated rings. The van der Waals surface area contributed by atoms with Gasteiger partial charge < -0.3 is 15.2 Å². The van der Waals surface area contributed by atoms with Gasteiger partial charge in [-0.1, -0.05) is 29.8 Å². The second kappa shape index (κ2) is 7.70. The summed E-state index contributed by atoms with van der Waals surface area (Å²) in [6.45, 7) is 0.560. The highest BCUT2D eigenvalue weighted by Crippen LogP contribution is 2.14. The number of benzene rings is 2. The van der Waals surface area contributed by atoms with Gasteiger partial charge in [-0.25, -0.2) is 4.79 Å². The number of carbonyl (C=O) groups excluding carboxylic acids is 1. The summed E-state index contributed by atoms with van der Waals surface area (Å²) >= 11 is 5.85. The second-order valence-electron chi connectivity index (χ2n) is 5.40. The van der Waals surface area contributed by atoms with Crippen molar-refractivity contribution in [3.05, 3.63) is 83.6 Å². The first-order valence-corrected chi connectivity index (χ1v) is 8.11. The Labute approximate surface area is 146 Å². The van der Waals surface area contributed by atoms with Gasteiger partial charge in [0.15, 0.2) is 0 Å². The number of hydrogen-bond acceptors (Lipinski definition) is 1. The number of amides is 2. The maximum absolute atomic E-state index is 12.0. The van der Waals surface area contributed by atoms with Crippen molar-refractivity contribution >= 4 is 23.3 Å². The quantitative estimate of drug-likeness (QED) is 0.706. The summed E-state index contributed by atoms with van der Waals surface area (Å²) in [5, 5.41) is 6.43. The summed E-state index contributed by atoms with van der Waals surface area (Å²) in [5.74, 6) is 0.